The van der Waals surface area contributed by atoms with Crippen molar-refractivity contribution in [2.24, 2.45) is 4.99 Å². The Kier molecular flexibility index (Phi) is 7.62. The van der Waals surface area contributed by atoms with Gasteiger partial charge in [0, 0.05) is 28.7 Å². The van der Waals surface area contributed by atoms with Gasteiger partial charge in [0.2, 0.25) is 0 Å². The van der Waals surface area contributed by atoms with Crippen molar-refractivity contribution in [1.82, 2.24) is 20.9 Å². The summed E-state index contributed by atoms with van der Waals surface area (Å²) < 4.78 is 0. The van der Waals surface area contributed by atoms with Crippen LogP contribution >= 0.6 is 0 Å². The maximum absolute atomic E-state index is 5.45. The van der Waals surface area contributed by atoms with Crippen LogP contribution in [-0.4, -0.2) is 16.9 Å². The maximum Gasteiger partial charge on any atom is 0.132 e. The molecule has 0 fully saturated rings. The average Bonchev–Trinajstić information content (AvgIpc) is 3.10. The van der Waals surface area contributed by atoms with Crippen LogP contribution in [0.25, 0.3) is 38.2 Å². The molecular weight excluding hydrogens is 587 g/mol. The van der Waals surface area contributed by atoms with Crippen molar-refractivity contribution in [3.63, 3.8) is 0 Å². The Morgan fingerprint density at radius 2 is 1.27 bits per heavy atom. The van der Waals surface area contributed by atoms with E-state index in [1.807, 2.05) is 0 Å². The molecule has 3 heterocycles. The van der Waals surface area contributed by atoms with Crippen LogP contribution in [0.2, 0.25) is 0 Å². The van der Waals surface area contributed by atoms with Gasteiger partial charge in [0.1, 0.15) is 18.2 Å². The summed E-state index contributed by atoms with van der Waals surface area (Å²) in [5.74, 6) is 0.876. The smallest absolute Gasteiger partial charge is 0.132 e. The highest BCUT2D eigenvalue weighted by Crippen LogP contribution is 2.35. The summed E-state index contributed by atoms with van der Waals surface area (Å²) >= 11 is 0. The Bertz CT molecular complexity index is 2260. The topological polar surface area (TPSA) is 61.3 Å². The summed E-state index contributed by atoms with van der Waals surface area (Å²) in [5, 5.41) is 16.1. The lowest BCUT2D eigenvalue weighted by Gasteiger charge is -2.33. The molecule has 0 bridgehead atoms. The van der Waals surface area contributed by atoms with E-state index in [0.29, 0.717) is 0 Å². The Morgan fingerprint density at radius 1 is 0.625 bits per heavy atom. The fraction of sp³-hybridized carbons (Fsp3) is 0.163. The van der Waals surface area contributed by atoms with E-state index in [9.17, 15) is 0 Å². The summed E-state index contributed by atoms with van der Waals surface area (Å²) in [5.41, 5.74) is 11.3. The number of fused-ring (bicyclic) bond motifs is 2. The zero-order valence-electron chi connectivity index (χ0n) is 27.8. The van der Waals surface area contributed by atoms with Gasteiger partial charge in [-0.25, -0.2) is 4.99 Å². The minimum atomic E-state index is -0.309. The van der Waals surface area contributed by atoms with Gasteiger partial charge < -0.3 is 10.6 Å². The van der Waals surface area contributed by atoms with Gasteiger partial charge in [-0.05, 0) is 119 Å². The predicted octanol–water partition coefficient (Wildman–Crippen LogP) is 9.29. The second-order valence-electron chi connectivity index (χ2n) is 13.1. The Hall–Kier alpha value is -5.52. The number of aliphatic imine (C=N–C) groups is 1. The summed E-state index contributed by atoms with van der Waals surface area (Å²) in [4.78, 5) is 10.1. The molecule has 236 valence electrons. The molecule has 6 aromatic rings. The molecule has 3 atom stereocenters. The van der Waals surface area contributed by atoms with Crippen molar-refractivity contribution >= 4 is 33.0 Å². The van der Waals surface area contributed by atoms with Crippen molar-refractivity contribution in [3.05, 3.63) is 167 Å². The summed E-state index contributed by atoms with van der Waals surface area (Å²) in [6.07, 6.45) is 4.06. The van der Waals surface area contributed by atoms with Crippen LogP contribution in [0.3, 0.4) is 0 Å². The molecule has 2 aliphatic rings. The van der Waals surface area contributed by atoms with Crippen LogP contribution in [0.1, 0.15) is 59.8 Å². The van der Waals surface area contributed by atoms with Gasteiger partial charge in [-0.2, -0.15) is 0 Å². The van der Waals surface area contributed by atoms with Gasteiger partial charge in [-0.1, -0.05) is 91.0 Å². The van der Waals surface area contributed by atoms with E-state index in [1.54, 1.807) is 0 Å². The monoisotopic (exact) mass is 625 g/mol. The molecule has 48 heavy (non-hydrogen) atoms. The normalized spacial score (nSPS) is 19.2. The van der Waals surface area contributed by atoms with Crippen LogP contribution < -0.4 is 16.0 Å². The highest BCUT2D eigenvalue weighted by molar-refractivity contribution is 6.10. The number of hydrogen-bond acceptors (Lipinski definition) is 5. The van der Waals surface area contributed by atoms with Crippen molar-refractivity contribution in [3.8, 4) is 11.1 Å². The minimum absolute atomic E-state index is 0.176. The summed E-state index contributed by atoms with van der Waals surface area (Å²) in [7, 11) is 0. The van der Waals surface area contributed by atoms with Crippen molar-refractivity contribution in [2.75, 3.05) is 0 Å². The third-order valence-electron chi connectivity index (χ3n) is 9.32. The highest BCUT2D eigenvalue weighted by atomic mass is 15.3. The number of amidine groups is 1. The van der Waals surface area contributed by atoms with Crippen molar-refractivity contribution in [2.45, 2.75) is 46.1 Å². The first-order chi connectivity index (χ1) is 23.4. The molecule has 0 amide bonds. The van der Waals surface area contributed by atoms with E-state index in [-0.39, 0.29) is 18.4 Å². The van der Waals surface area contributed by atoms with Gasteiger partial charge in [-0.3, -0.25) is 10.3 Å². The number of rotatable bonds is 5. The number of aromatic nitrogens is 1. The van der Waals surface area contributed by atoms with Crippen LogP contribution in [0.15, 0.2) is 138 Å². The number of dihydropyridines is 1. The van der Waals surface area contributed by atoms with Gasteiger partial charge in [0.15, 0.2) is 0 Å². The molecule has 5 nitrogen and oxygen atoms in total. The molecule has 0 saturated carbocycles. The van der Waals surface area contributed by atoms with Crippen LogP contribution in [0, 0.1) is 13.8 Å². The second-order valence-corrected chi connectivity index (χ2v) is 13.1. The van der Waals surface area contributed by atoms with E-state index in [0.717, 1.165) is 45.2 Å². The van der Waals surface area contributed by atoms with Gasteiger partial charge in [-0.15, -0.1) is 0 Å². The maximum atomic E-state index is 5.45. The third kappa shape index (κ3) is 5.78. The van der Waals surface area contributed by atoms with Gasteiger partial charge >= 0.3 is 0 Å². The number of aryl methyl sites for hydroxylation is 2. The predicted molar refractivity (Wildman–Crippen MR) is 200 cm³/mol. The second kappa shape index (κ2) is 12.3. The first kappa shape index (κ1) is 29.9. The number of pyridine rings is 1. The molecular formula is C43H39N5. The molecule has 3 unspecified atom stereocenters. The van der Waals surface area contributed by atoms with Crippen LogP contribution in [0.5, 0.6) is 0 Å². The fourth-order valence-corrected chi connectivity index (χ4v) is 7.28. The molecule has 0 radical (unpaired) electrons. The number of nitrogens with one attached hydrogen (secondary N) is 3. The summed E-state index contributed by atoms with van der Waals surface area (Å²) in [6, 6.07) is 41.7. The van der Waals surface area contributed by atoms with Gasteiger partial charge in [0.05, 0.1) is 0 Å². The number of hydrogen-bond donors (Lipinski definition) is 3. The lowest BCUT2D eigenvalue weighted by atomic mass is 9.92. The zero-order chi connectivity index (χ0) is 32.8. The van der Waals surface area contributed by atoms with Crippen molar-refractivity contribution in [1.29, 1.82) is 0 Å². The molecule has 5 aromatic carbocycles. The molecule has 0 aliphatic carbocycles. The first-order valence-electron chi connectivity index (χ1n) is 16.7. The van der Waals surface area contributed by atoms with Gasteiger partial charge in [0.25, 0.3) is 0 Å². The van der Waals surface area contributed by atoms with Crippen LogP contribution in [0.4, 0.5) is 0 Å². The standard InChI is InChI=1S/C43H39N5/c1-26-19-32(20-27(2)44-26)34-23-35(33-21-28(3)45-29(4)22-33)25-36(24-34)41-46-42(39-17-9-13-30-11-5-7-15-37(30)39)48-43(47-41)40-18-10-14-31-12-6-8-16-38(31)40/h5-26,41-42,44,46H,1-4H3,(H,47,48). The zero-order valence-corrected chi connectivity index (χ0v) is 27.8. The summed E-state index contributed by atoms with van der Waals surface area (Å²) in [6.45, 7) is 8.46. The molecule has 3 N–H and O–H groups in total. The number of nitrogens with zero attached hydrogens (tertiary/aromatic N) is 2. The average molecular weight is 626 g/mol. The Morgan fingerprint density at radius 3 is 2.04 bits per heavy atom. The fourth-order valence-electron chi connectivity index (χ4n) is 7.28. The van der Waals surface area contributed by atoms with E-state index in [2.05, 4.69) is 176 Å². The lowest BCUT2D eigenvalue weighted by molar-refractivity contribution is 0.411. The molecule has 2 aliphatic heterocycles. The van der Waals surface area contributed by atoms with E-state index < -0.39 is 0 Å². The Balaban J connectivity index is 1.33. The quantitative estimate of drug-likeness (QED) is 0.179. The lowest BCUT2D eigenvalue weighted by Crippen LogP contribution is -2.45. The molecule has 0 spiro atoms. The van der Waals surface area contributed by atoms with E-state index in [1.165, 1.54) is 38.2 Å². The number of benzene rings is 5. The molecule has 8 rings (SSSR count). The largest absolute Gasteiger partial charge is 0.383 e. The van der Waals surface area contributed by atoms with Crippen molar-refractivity contribution < 1.29 is 0 Å². The van der Waals surface area contributed by atoms with Crippen LogP contribution in [-0.2, 0) is 0 Å². The number of allylic oxidation sites excluding steroid dienone is 3. The minimum Gasteiger partial charge on any atom is -0.383 e. The molecule has 1 aromatic heterocycles. The molecule has 0 saturated heterocycles. The Labute approximate surface area is 282 Å². The van der Waals surface area contributed by atoms with E-state index in [4.69, 9.17) is 4.99 Å². The third-order valence-corrected chi connectivity index (χ3v) is 9.32. The van der Waals surface area contributed by atoms with E-state index >= 15 is 0 Å². The molecule has 5 heteroatoms. The highest BCUT2D eigenvalue weighted by Gasteiger charge is 2.28. The first-order valence-corrected chi connectivity index (χ1v) is 16.7. The SMILES string of the molecule is CC1=CC(c2cc(-c3cc(C)nc(C)c3)cc(C3N=C(c4cccc5ccccc45)NC(c4cccc5ccccc45)N3)c2)=CC(C)N1.